The van der Waals surface area contributed by atoms with Crippen molar-refractivity contribution in [2.24, 2.45) is 5.10 Å². The zero-order valence-corrected chi connectivity index (χ0v) is 16.3. The number of hydrogen-bond donors (Lipinski definition) is 2. The van der Waals surface area contributed by atoms with Crippen molar-refractivity contribution in [2.75, 3.05) is 13.7 Å². The van der Waals surface area contributed by atoms with Crippen LogP contribution in [0.4, 0.5) is 4.39 Å². The topological polar surface area (TPSA) is 106 Å². The molecule has 0 radical (unpaired) electrons. The molecule has 0 fully saturated rings. The average molecular weight is 410 g/mol. The Morgan fingerprint density at radius 2 is 1.97 bits per heavy atom. The smallest absolute Gasteiger partial charge is 0.346 e. The lowest BCUT2D eigenvalue weighted by atomic mass is 10.1. The fourth-order valence-corrected chi connectivity index (χ4v) is 2.62. The van der Waals surface area contributed by atoms with Crippen LogP contribution < -0.4 is 20.6 Å². The van der Waals surface area contributed by atoms with Crippen molar-refractivity contribution in [3.63, 3.8) is 0 Å². The monoisotopic (exact) mass is 410 g/mol. The number of nitrogens with zero attached hydrogens (tertiary/aromatic N) is 2. The highest BCUT2D eigenvalue weighted by atomic mass is 19.1. The lowest BCUT2D eigenvalue weighted by Gasteiger charge is -2.09. The highest BCUT2D eigenvalue weighted by Crippen LogP contribution is 2.27. The molecule has 0 saturated heterocycles. The van der Waals surface area contributed by atoms with Gasteiger partial charge in [-0.25, -0.2) is 14.6 Å². The number of benzene rings is 2. The third-order valence-electron chi connectivity index (χ3n) is 4.00. The number of carbonyl (C=O) groups excluding carboxylic acids is 1. The van der Waals surface area contributed by atoms with E-state index >= 15 is 0 Å². The minimum absolute atomic E-state index is 0.0313. The molecule has 0 saturated carbocycles. The second kappa shape index (κ2) is 9.46. The molecule has 8 nitrogen and oxygen atoms in total. The number of ether oxygens (including phenoxy) is 2. The largest absolute Gasteiger partial charge is 0.493 e. The highest BCUT2D eigenvalue weighted by Gasteiger charge is 2.10. The third-order valence-corrected chi connectivity index (χ3v) is 4.00. The van der Waals surface area contributed by atoms with Crippen LogP contribution in [0.2, 0.25) is 0 Å². The van der Waals surface area contributed by atoms with E-state index in [1.54, 1.807) is 25.3 Å². The van der Waals surface area contributed by atoms with Crippen LogP contribution in [0.3, 0.4) is 0 Å². The summed E-state index contributed by atoms with van der Waals surface area (Å²) in [6, 6.07) is 12.0. The van der Waals surface area contributed by atoms with Gasteiger partial charge in [0, 0.05) is 5.56 Å². The van der Waals surface area contributed by atoms with E-state index in [1.807, 2.05) is 6.92 Å². The fraction of sp³-hybridized carbons (Fsp3) is 0.143. The molecular weight excluding hydrogens is 391 g/mol. The zero-order chi connectivity index (χ0) is 21.5. The maximum Gasteiger partial charge on any atom is 0.346 e. The Labute approximate surface area is 171 Å². The molecule has 30 heavy (non-hydrogen) atoms. The molecule has 0 aliphatic rings. The van der Waals surface area contributed by atoms with Crippen LogP contribution in [0.5, 0.6) is 11.5 Å². The van der Waals surface area contributed by atoms with E-state index in [-0.39, 0.29) is 11.4 Å². The van der Waals surface area contributed by atoms with Gasteiger partial charge < -0.3 is 14.5 Å². The lowest BCUT2D eigenvalue weighted by Crippen LogP contribution is -2.24. The molecule has 3 rings (SSSR count). The van der Waals surface area contributed by atoms with Crippen LogP contribution in [-0.2, 0) is 0 Å². The molecule has 0 aliphatic carbocycles. The van der Waals surface area contributed by atoms with E-state index < -0.39 is 17.4 Å². The predicted molar refractivity (Wildman–Crippen MR) is 109 cm³/mol. The second-order valence-corrected chi connectivity index (χ2v) is 6.03. The Morgan fingerprint density at radius 1 is 1.20 bits per heavy atom. The summed E-state index contributed by atoms with van der Waals surface area (Å²) in [5.41, 5.74) is 3.02. The molecule has 0 unspecified atom stereocenters. The van der Waals surface area contributed by atoms with Crippen LogP contribution in [-0.4, -0.2) is 35.8 Å². The maximum absolute atomic E-state index is 13.1. The molecule has 0 atom stereocenters. The van der Waals surface area contributed by atoms with Crippen molar-refractivity contribution in [1.29, 1.82) is 0 Å². The van der Waals surface area contributed by atoms with Gasteiger partial charge in [-0.15, -0.1) is 0 Å². The van der Waals surface area contributed by atoms with Gasteiger partial charge in [0.2, 0.25) is 0 Å². The van der Waals surface area contributed by atoms with Gasteiger partial charge in [-0.3, -0.25) is 4.79 Å². The summed E-state index contributed by atoms with van der Waals surface area (Å²) >= 11 is 0. The van der Waals surface area contributed by atoms with Crippen molar-refractivity contribution in [1.82, 2.24) is 15.4 Å². The summed E-state index contributed by atoms with van der Waals surface area (Å²) in [5.74, 6) is 0.0907. The molecule has 154 valence electrons. The molecular formula is C21H19FN4O4. The SMILES string of the molecule is CCOc1cc(/C=N/NC(=O)c2cc(-c3ccc(F)cc3)nc(=O)[nH]2)ccc1OC. The first-order valence-electron chi connectivity index (χ1n) is 9.01. The standard InChI is InChI=1S/C21H19FN4O4/c1-3-30-19-10-13(4-9-18(19)29-2)12-23-26-20(27)17-11-16(24-21(28)25-17)14-5-7-15(22)8-6-14/h4-12H,3H2,1-2H3,(H,26,27)(H,24,25,28)/b23-12+. The van der Waals surface area contributed by atoms with Crippen molar-refractivity contribution in [3.05, 3.63) is 76.1 Å². The predicted octanol–water partition coefficient (Wildman–Crippen LogP) is 2.75. The summed E-state index contributed by atoms with van der Waals surface area (Å²) in [5, 5.41) is 3.91. The Morgan fingerprint density at radius 3 is 2.67 bits per heavy atom. The summed E-state index contributed by atoms with van der Waals surface area (Å²) in [6.07, 6.45) is 1.43. The number of nitrogens with one attached hydrogen (secondary N) is 2. The average Bonchev–Trinajstić information content (AvgIpc) is 2.74. The van der Waals surface area contributed by atoms with Gasteiger partial charge in [-0.1, -0.05) is 0 Å². The van der Waals surface area contributed by atoms with Gasteiger partial charge in [-0.05, 0) is 61.0 Å². The Kier molecular flexibility index (Phi) is 6.53. The van der Waals surface area contributed by atoms with Gasteiger partial charge in [-0.2, -0.15) is 10.1 Å². The Balaban J connectivity index is 1.75. The number of methoxy groups -OCH3 is 1. The minimum atomic E-state index is -0.706. The first-order chi connectivity index (χ1) is 14.5. The molecule has 1 heterocycles. The van der Waals surface area contributed by atoms with E-state index in [2.05, 4.69) is 20.5 Å². The van der Waals surface area contributed by atoms with Gasteiger partial charge in [0.1, 0.15) is 11.5 Å². The highest BCUT2D eigenvalue weighted by molar-refractivity contribution is 5.94. The molecule has 0 aliphatic heterocycles. The molecule has 1 amide bonds. The number of aromatic nitrogens is 2. The maximum atomic E-state index is 13.1. The number of halogens is 1. The number of H-pyrrole nitrogens is 1. The number of hydrogen-bond acceptors (Lipinski definition) is 6. The summed E-state index contributed by atoms with van der Waals surface area (Å²) < 4.78 is 23.8. The first-order valence-corrected chi connectivity index (χ1v) is 9.01. The van der Waals surface area contributed by atoms with Gasteiger partial charge >= 0.3 is 5.69 Å². The van der Waals surface area contributed by atoms with Crippen LogP contribution in [0, 0.1) is 5.82 Å². The van der Waals surface area contributed by atoms with E-state index in [9.17, 15) is 14.0 Å². The molecule has 3 aromatic rings. The van der Waals surface area contributed by atoms with Gasteiger partial charge in [0.15, 0.2) is 11.5 Å². The molecule has 0 bridgehead atoms. The zero-order valence-electron chi connectivity index (χ0n) is 16.3. The van der Waals surface area contributed by atoms with Crippen molar-refractivity contribution in [3.8, 4) is 22.8 Å². The normalized spacial score (nSPS) is 10.8. The molecule has 2 aromatic carbocycles. The number of amides is 1. The molecule has 2 N–H and O–H groups in total. The quantitative estimate of drug-likeness (QED) is 0.460. The first kappa shape index (κ1) is 20.7. The molecule has 1 aromatic heterocycles. The van der Waals surface area contributed by atoms with Crippen LogP contribution >= 0.6 is 0 Å². The van der Waals surface area contributed by atoms with Gasteiger partial charge in [0.25, 0.3) is 5.91 Å². The second-order valence-electron chi connectivity index (χ2n) is 6.03. The molecule has 9 heteroatoms. The summed E-state index contributed by atoms with van der Waals surface area (Å²) in [7, 11) is 1.54. The summed E-state index contributed by atoms with van der Waals surface area (Å²) in [4.78, 5) is 30.4. The molecule has 0 spiro atoms. The van der Waals surface area contributed by atoms with Crippen molar-refractivity contribution >= 4 is 12.1 Å². The van der Waals surface area contributed by atoms with Crippen LogP contribution in [0.25, 0.3) is 11.3 Å². The van der Waals surface area contributed by atoms with Crippen LogP contribution in [0.1, 0.15) is 23.0 Å². The lowest BCUT2D eigenvalue weighted by molar-refractivity contribution is 0.0949. The van der Waals surface area contributed by atoms with Crippen molar-refractivity contribution < 1.29 is 18.7 Å². The fourth-order valence-electron chi connectivity index (χ4n) is 2.62. The van der Waals surface area contributed by atoms with Crippen molar-refractivity contribution in [2.45, 2.75) is 6.92 Å². The van der Waals surface area contributed by atoms with Gasteiger partial charge in [0.05, 0.1) is 25.6 Å². The number of carbonyl (C=O) groups is 1. The van der Waals surface area contributed by atoms with E-state index in [4.69, 9.17) is 9.47 Å². The number of rotatable bonds is 7. The summed E-state index contributed by atoms with van der Waals surface area (Å²) in [6.45, 7) is 2.33. The Bertz CT molecular complexity index is 1130. The van der Waals surface area contributed by atoms with E-state index in [0.717, 1.165) is 0 Å². The minimum Gasteiger partial charge on any atom is -0.493 e. The number of hydrazone groups is 1. The Hall–Kier alpha value is -4.01. The number of aromatic amines is 1. The van der Waals surface area contributed by atoms with E-state index in [0.29, 0.717) is 29.2 Å². The third kappa shape index (κ3) is 5.07. The van der Waals surface area contributed by atoms with E-state index in [1.165, 1.54) is 36.5 Å². The van der Waals surface area contributed by atoms with Crippen LogP contribution in [0.15, 0.2) is 58.4 Å².